The minimum absolute atomic E-state index is 0.0519. The van der Waals surface area contributed by atoms with Crippen molar-refractivity contribution in [2.45, 2.75) is 39.0 Å². The molecule has 0 aliphatic heterocycles. The molecular weight excluding hydrogens is 442 g/mol. The number of ether oxygens (including phenoxy) is 1. The third-order valence-electron chi connectivity index (χ3n) is 5.99. The van der Waals surface area contributed by atoms with Gasteiger partial charge in [-0.1, -0.05) is 30.3 Å². The molecule has 2 atom stereocenters. The first-order valence-electron chi connectivity index (χ1n) is 10.8. The highest BCUT2D eigenvalue weighted by atomic mass is 19.1. The number of hydrogen-bond acceptors (Lipinski definition) is 5. The molecule has 1 amide bonds. The third-order valence-corrected chi connectivity index (χ3v) is 5.99. The molecule has 5 rings (SSSR count). The molecule has 2 unspecified atom stereocenters. The Kier molecular flexibility index (Phi) is 5.49. The summed E-state index contributed by atoms with van der Waals surface area (Å²) in [7, 11) is 0. The van der Waals surface area contributed by atoms with Crippen molar-refractivity contribution in [1.29, 1.82) is 0 Å². The molecule has 0 fully saturated rings. The molecule has 1 aliphatic rings. The fraction of sp³-hybridized carbons (Fsp3) is 0.240. The maximum Gasteiger partial charge on any atom is 0.270 e. The molecule has 0 spiro atoms. The molecule has 1 aliphatic carbocycles. The summed E-state index contributed by atoms with van der Waals surface area (Å²) >= 11 is 0. The van der Waals surface area contributed by atoms with Crippen molar-refractivity contribution in [2.24, 2.45) is 0 Å². The summed E-state index contributed by atoms with van der Waals surface area (Å²) in [6.07, 6.45) is 1.36. The highest BCUT2D eigenvalue weighted by Crippen LogP contribution is 2.32. The zero-order valence-electron chi connectivity index (χ0n) is 18.5. The second-order valence-electron chi connectivity index (χ2n) is 8.34. The van der Waals surface area contributed by atoms with Crippen LogP contribution in [0.5, 0.6) is 5.88 Å². The van der Waals surface area contributed by atoms with Gasteiger partial charge in [0.05, 0.1) is 29.1 Å². The molecule has 0 saturated carbocycles. The van der Waals surface area contributed by atoms with Gasteiger partial charge in [-0.3, -0.25) is 9.20 Å². The fourth-order valence-corrected chi connectivity index (χ4v) is 4.39. The fourth-order valence-electron chi connectivity index (χ4n) is 4.39. The van der Waals surface area contributed by atoms with Gasteiger partial charge in [-0.05, 0) is 37.1 Å². The summed E-state index contributed by atoms with van der Waals surface area (Å²) in [4.78, 5) is 22.0. The van der Waals surface area contributed by atoms with Crippen LogP contribution >= 0.6 is 0 Å². The van der Waals surface area contributed by atoms with Crippen molar-refractivity contribution in [3.05, 3.63) is 94.1 Å². The van der Waals surface area contributed by atoms with E-state index in [-0.39, 0.29) is 29.4 Å². The normalized spacial score (nSPS) is 17.1. The lowest BCUT2D eigenvalue weighted by molar-refractivity contribution is 0.0852. The standard InChI is InChI=1S/C25H22F2N4O3/c1-13-11-31-22(24(33)30-21-16-7-4-3-6-15(16)10-20(21)32)14(2)29-23(31)25(28-13)34-12-17-18(26)8-5-9-19(17)27/h3-9,11,20-21,32H,10,12H2,1-2H3,(H,30,33). The van der Waals surface area contributed by atoms with E-state index < -0.39 is 29.7 Å². The SMILES string of the molecule is Cc1cn2c(C(=O)NC3c4ccccc4CC3O)c(C)nc2c(OCc2c(F)cccc2F)n1. The average Bonchev–Trinajstić information content (AvgIpc) is 3.29. The van der Waals surface area contributed by atoms with Crippen molar-refractivity contribution < 1.29 is 23.4 Å². The number of carbonyl (C=O) groups is 1. The van der Waals surface area contributed by atoms with Crippen molar-refractivity contribution in [3.8, 4) is 5.88 Å². The van der Waals surface area contributed by atoms with Crippen molar-refractivity contribution >= 4 is 11.6 Å². The number of fused-ring (bicyclic) bond motifs is 2. The first-order chi connectivity index (χ1) is 16.3. The Labute approximate surface area is 194 Å². The van der Waals surface area contributed by atoms with E-state index in [0.29, 0.717) is 17.8 Å². The van der Waals surface area contributed by atoms with Gasteiger partial charge in [0.25, 0.3) is 11.8 Å². The number of rotatable bonds is 5. The number of aliphatic hydroxyl groups excluding tert-OH is 1. The zero-order chi connectivity index (χ0) is 24.0. The minimum Gasteiger partial charge on any atom is -0.470 e. The number of nitrogens with one attached hydrogen (secondary N) is 1. The number of hydrogen-bond donors (Lipinski definition) is 2. The molecule has 0 saturated heterocycles. The lowest BCUT2D eigenvalue weighted by Gasteiger charge is -2.18. The Bertz CT molecular complexity index is 1400. The topological polar surface area (TPSA) is 88.8 Å². The first kappa shape index (κ1) is 22.0. The van der Waals surface area contributed by atoms with Crippen LogP contribution in [0.2, 0.25) is 0 Å². The van der Waals surface area contributed by atoms with E-state index in [1.54, 1.807) is 24.4 Å². The smallest absolute Gasteiger partial charge is 0.270 e. The Balaban J connectivity index is 1.47. The summed E-state index contributed by atoms with van der Waals surface area (Å²) in [5.41, 5.74) is 3.10. The van der Waals surface area contributed by atoms with Gasteiger partial charge in [-0.25, -0.2) is 18.7 Å². The van der Waals surface area contributed by atoms with Crippen LogP contribution in [-0.4, -0.2) is 31.5 Å². The lowest BCUT2D eigenvalue weighted by atomic mass is 10.1. The quantitative estimate of drug-likeness (QED) is 0.471. The monoisotopic (exact) mass is 464 g/mol. The van der Waals surface area contributed by atoms with Gasteiger partial charge >= 0.3 is 0 Å². The van der Waals surface area contributed by atoms with E-state index in [1.807, 2.05) is 24.3 Å². The highest BCUT2D eigenvalue weighted by molar-refractivity contribution is 5.95. The molecule has 9 heteroatoms. The zero-order valence-corrected chi connectivity index (χ0v) is 18.5. The summed E-state index contributed by atoms with van der Waals surface area (Å²) < 4.78 is 35.2. The third kappa shape index (κ3) is 3.77. The largest absolute Gasteiger partial charge is 0.470 e. The molecule has 4 aromatic rings. The summed E-state index contributed by atoms with van der Waals surface area (Å²) in [5.74, 6) is -1.81. The second-order valence-corrected chi connectivity index (χ2v) is 8.34. The van der Waals surface area contributed by atoms with Gasteiger partial charge in [0.15, 0.2) is 0 Å². The van der Waals surface area contributed by atoms with Gasteiger partial charge in [0, 0.05) is 12.6 Å². The van der Waals surface area contributed by atoms with Crippen LogP contribution in [0.15, 0.2) is 48.7 Å². The summed E-state index contributed by atoms with van der Waals surface area (Å²) in [6, 6.07) is 10.6. The van der Waals surface area contributed by atoms with Gasteiger partial charge in [0.1, 0.15) is 23.9 Å². The van der Waals surface area contributed by atoms with Crippen LogP contribution in [-0.2, 0) is 13.0 Å². The van der Waals surface area contributed by atoms with Crippen LogP contribution in [0.1, 0.15) is 44.6 Å². The first-order valence-corrected chi connectivity index (χ1v) is 10.8. The van der Waals surface area contributed by atoms with Gasteiger partial charge in [-0.15, -0.1) is 0 Å². The summed E-state index contributed by atoms with van der Waals surface area (Å²) in [5, 5.41) is 13.4. The predicted molar refractivity (Wildman–Crippen MR) is 120 cm³/mol. The van der Waals surface area contributed by atoms with E-state index >= 15 is 0 Å². The molecule has 7 nitrogen and oxygen atoms in total. The van der Waals surface area contributed by atoms with Crippen molar-refractivity contribution in [1.82, 2.24) is 19.7 Å². The number of aromatic nitrogens is 3. The van der Waals surface area contributed by atoms with Crippen LogP contribution in [0.25, 0.3) is 5.65 Å². The number of aryl methyl sites for hydroxylation is 2. The molecule has 2 aromatic heterocycles. The van der Waals surface area contributed by atoms with Crippen molar-refractivity contribution in [2.75, 3.05) is 0 Å². The number of imidazole rings is 1. The molecule has 0 radical (unpaired) electrons. The Hall–Kier alpha value is -3.85. The van der Waals surface area contributed by atoms with Crippen LogP contribution < -0.4 is 10.1 Å². The van der Waals surface area contributed by atoms with E-state index in [9.17, 15) is 18.7 Å². The van der Waals surface area contributed by atoms with Gasteiger partial charge in [0.2, 0.25) is 5.65 Å². The molecule has 2 heterocycles. The van der Waals surface area contributed by atoms with Gasteiger partial charge < -0.3 is 15.2 Å². The molecule has 0 bridgehead atoms. The maximum absolute atomic E-state index is 14.0. The van der Waals surface area contributed by atoms with Crippen LogP contribution in [0.3, 0.4) is 0 Å². The minimum atomic E-state index is -0.737. The number of benzene rings is 2. The number of halogens is 2. The van der Waals surface area contributed by atoms with Crippen molar-refractivity contribution in [3.63, 3.8) is 0 Å². The van der Waals surface area contributed by atoms with E-state index in [2.05, 4.69) is 15.3 Å². The Morgan fingerprint density at radius 2 is 1.88 bits per heavy atom. The Morgan fingerprint density at radius 1 is 1.15 bits per heavy atom. The Morgan fingerprint density at radius 3 is 2.65 bits per heavy atom. The molecule has 174 valence electrons. The lowest BCUT2D eigenvalue weighted by Crippen LogP contribution is -2.34. The average molecular weight is 464 g/mol. The highest BCUT2D eigenvalue weighted by Gasteiger charge is 2.33. The molecule has 2 aromatic carbocycles. The summed E-state index contributed by atoms with van der Waals surface area (Å²) in [6.45, 7) is 3.00. The van der Waals surface area contributed by atoms with Crippen LogP contribution in [0.4, 0.5) is 8.78 Å². The van der Waals surface area contributed by atoms with Crippen LogP contribution in [0, 0.1) is 25.5 Å². The molecular formula is C25H22F2N4O3. The van der Waals surface area contributed by atoms with E-state index in [1.165, 1.54) is 6.07 Å². The predicted octanol–water partition coefficient (Wildman–Crippen LogP) is 3.59. The number of carbonyl (C=O) groups excluding carboxylic acids is 1. The maximum atomic E-state index is 14.0. The molecule has 2 N–H and O–H groups in total. The second kappa shape index (κ2) is 8.49. The number of amides is 1. The van der Waals surface area contributed by atoms with Gasteiger partial charge in [-0.2, -0.15) is 0 Å². The van der Waals surface area contributed by atoms with E-state index in [4.69, 9.17) is 4.74 Å². The number of aliphatic hydroxyl groups is 1. The molecule has 34 heavy (non-hydrogen) atoms. The van der Waals surface area contributed by atoms with E-state index in [0.717, 1.165) is 23.3 Å². The number of nitrogens with zero attached hydrogens (tertiary/aromatic N) is 3.